The zero-order valence-electron chi connectivity index (χ0n) is 32.3. The van der Waals surface area contributed by atoms with Gasteiger partial charge in [-0.25, -0.2) is 9.59 Å². The molecule has 2 heterocycles. The van der Waals surface area contributed by atoms with E-state index in [9.17, 15) is 33.9 Å². The van der Waals surface area contributed by atoms with Crippen molar-refractivity contribution in [1.82, 2.24) is 36.1 Å². The summed E-state index contributed by atoms with van der Waals surface area (Å²) in [5, 5.41) is 21.9. The molecular weight excluding hydrogens is 729 g/mol. The summed E-state index contributed by atoms with van der Waals surface area (Å²) in [6.45, 7) is 2.59. The molecule has 1 saturated heterocycles. The van der Waals surface area contributed by atoms with Crippen LogP contribution in [0, 0.1) is 6.92 Å². The average molecular weight is 781 g/mol. The standard InChI is InChI=1S/C42H52N8O7/c1-27-17-19-29(20-18-27)25-46-37(51)33(15-10-21-44-41(43)55)47-38(52)34(24-30-26-45-32-14-7-6-13-31(30)32)48-39(53)35-16-8-9-22-50(35)40(54)36(49(2)42(56)57)23-28-11-4-3-5-12-28/h3-7,11-14,17-20,26,33-36,45H,8-10,15-16,21-25H2,1-2H3,(H,46,51)(H,47,52)(H,48,53)(H,56,57)(H3,43,44,55)/t33-,34-,35-,36-/m0/s1. The molecule has 0 radical (unpaired) electrons. The van der Waals surface area contributed by atoms with E-state index in [0.717, 1.165) is 38.1 Å². The Kier molecular flexibility index (Phi) is 14.6. The Morgan fingerprint density at radius 2 is 1.58 bits per heavy atom. The summed E-state index contributed by atoms with van der Waals surface area (Å²) in [5.74, 6) is -2.13. The molecule has 1 aromatic heterocycles. The number of aryl methyl sites for hydroxylation is 1. The third-order valence-electron chi connectivity index (χ3n) is 10.3. The average Bonchev–Trinajstić information content (AvgIpc) is 3.62. The summed E-state index contributed by atoms with van der Waals surface area (Å²) in [4.78, 5) is 85.6. The molecule has 3 aromatic carbocycles. The highest BCUT2D eigenvalue weighted by Gasteiger charge is 2.39. The predicted octanol–water partition coefficient (Wildman–Crippen LogP) is 3.36. The third-order valence-corrected chi connectivity index (χ3v) is 10.3. The number of hydrogen-bond donors (Lipinski definition) is 7. The van der Waals surface area contributed by atoms with Gasteiger partial charge >= 0.3 is 12.1 Å². The van der Waals surface area contributed by atoms with Crippen molar-refractivity contribution < 1.29 is 33.9 Å². The van der Waals surface area contributed by atoms with E-state index in [4.69, 9.17) is 5.73 Å². The number of fused-ring (bicyclic) bond motifs is 1. The molecule has 15 heteroatoms. The molecule has 8 N–H and O–H groups in total. The Morgan fingerprint density at radius 1 is 0.860 bits per heavy atom. The molecule has 1 fully saturated rings. The smallest absolute Gasteiger partial charge is 0.407 e. The molecule has 0 saturated carbocycles. The van der Waals surface area contributed by atoms with Crippen molar-refractivity contribution in [2.24, 2.45) is 5.73 Å². The lowest BCUT2D eigenvalue weighted by Crippen LogP contribution is -2.61. The van der Waals surface area contributed by atoms with Crippen molar-refractivity contribution in [1.29, 1.82) is 0 Å². The number of nitrogens with two attached hydrogens (primary N) is 1. The van der Waals surface area contributed by atoms with E-state index in [1.165, 1.54) is 11.9 Å². The van der Waals surface area contributed by atoms with Gasteiger partial charge in [-0.15, -0.1) is 0 Å². The van der Waals surface area contributed by atoms with Gasteiger partial charge in [0.15, 0.2) is 0 Å². The number of hydrogen-bond acceptors (Lipinski definition) is 6. The number of likely N-dealkylation sites (tertiary alicyclic amines) is 1. The molecule has 0 spiro atoms. The number of para-hydroxylation sites is 1. The van der Waals surface area contributed by atoms with Crippen LogP contribution in [-0.4, -0.2) is 99.9 Å². The lowest BCUT2D eigenvalue weighted by atomic mass is 9.96. The highest BCUT2D eigenvalue weighted by molar-refractivity contribution is 5.96. The maximum atomic E-state index is 14.3. The molecule has 0 unspecified atom stereocenters. The second kappa shape index (κ2) is 20.0. The first-order valence-corrected chi connectivity index (χ1v) is 19.2. The van der Waals surface area contributed by atoms with Crippen LogP contribution in [0.15, 0.2) is 85.1 Å². The van der Waals surface area contributed by atoms with Gasteiger partial charge in [-0.3, -0.25) is 24.1 Å². The zero-order chi connectivity index (χ0) is 40.9. The number of aromatic nitrogens is 1. The Hall–Kier alpha value is -6.38. The van der Waals surface area contributed by atoms with Crippen molar-refractivity contribution in [3.63, 3.8) is 0 Å². The van der Waals surface area contributed by atoms with E-state index >= 15 is 0 Å². The van der Waals surface area contributed by atoms with Crippen LogP contribution in [0.4, 0.5) is 9.59 Å². The number of nitrogens with one attached hydrogen (secondary N) is 5. The van der Waals surface area contributed by atoms with Crippen LogP contribution in [0.2, 0.25) is 0 Å². The lowest BCUT2D eigenvalue weighted by molar-refractivity contribution is -0.146. The predicted molar refractivity (Wildman–Crippen MR) is 215 cm³/mol. The van der Waals surface area contributed by atoms with Gasteiger partial charge in [-0.1, -0.05) is 78.4 Å². The van der Waals surface area contributed by atoms with Crippen LogP contribution < -0.4 is 27.0 Å². The van der Waals surface area contributed by atoms with Crippen LogP contribution in [0.1, 0.15) is 54.4 Å². The number of aromatic amines is 1. The van der Waals surface area contributed by atoms with Gasteiger partial charge in [0.2, 0.25) is 23.6 Å². The maximum Gasteiger partial charge on any atom is 0.407 e. The molecular formula is C42H52N8O7. The van der Waals surface area contributed by atoms with Crippen molar-refractivity contribution in [3.05, 3.63) is 107 Å². The Morgan fingerprint density at radius 3 is 2.30 bits per heavy atom. The highest BCUT2D eigenvalue weighted by Crippen LogP contribution is 2.23. The zero-order valence-corrected chi connectivity index (χ0v) is 32.3. The number of carbonyl (C=O) groups excluding carboxylic acids is 5. The van der Waals surface area contributed by atoms with E-state index in [2.05, 4.69) is 26.3 Å². The fourth-order valence-electron chi connectivity index (χ4n) is 7.09. The minimum absolute atomic E-state index is 0.0571. The molecule has 302 valence electrons. The first-order valence-electron chi connectivity index (χ1n) is 19.2. The fraction of sp³-hybridized carbons (Fsp3) is 0.381. The molecule has 7 amide bonds. The number of urea groups is 1. The normalized spacial score (nSPS) is 15.5. The van der Waals surface area contributed by atoms with Crippen molar-refractivity contribution in [2.45, 2.75) is 82.6 Å². The highest BCUT2D eigenvalue weighted by atomic mass is 16.4. The second-order valence-electron chi connectivity index (χ2n) is 14.5. The van der Waals surface area contributed by atoms with Crippen LogP contribution in [0.3, 0.4) is 0 Å². The number of rotatable bonds is 17. The molecule has 5 rings (SSSR count). The SMILES string of the molecule is Cc1ccc(CNC(=O)[C@H](CCCNC(N)=O)NC(=O)[C@H](Cc2c[nH]c3ccccc23)NC(=O)[C@@H]2CCCCN2C(=O)[C@H](Cc2ccccc2)N(C)C(=O)O)cc1. The first kappa shape index (κ1) is 41.8. The molecule has 1 aliphatic rings. The van der Waals surface area contributed by atoms with E-state index in [0.29, 0.717) is 25.7 Å². The first-order chi connectivity index (χ1) is 27.4. The number of carboxylic acid groups (broad SMARTS) is 1. The molecule has 15 nitrogen and oxygen atoms in total. The number of benzene rings is 3. The minimum atomic E-state index is -1.28. The number of H-pyrrole nitrogens is 1. The molecule has 0 bridgehead atoms. The van der Waals surface area contributed by atoms with E-state index < -0.39 is 59.9 Å². The fourth-order valence-corrected chi connectivity index (χ4v) is 7.09. The van der Waals surface area contributed by atoms with Crippen LogP contribution in [-0.2, 0) is 38.6 Å². The number of likely N-dealkylation sites (N-methyl/N-ethyl adjacent to an activating group) is 1. The molecule has 57 heavy (non-hydrogen) atoms. The largest absolute Gasteiger partial charge is 0.465 e. The van der Waals surface area contributed by atoms with Crippen LogP contribution in [0.5, 0.6) is 0 Å². The van der Waals surface area contributed by atoms with Crippen molar-refractivity contribution in [2.75, 3.05) is 20.1 Å². The van der Waals surface area contributed by atoms with Gasteiger partial charge in [0.05, 0.1) is 0 Å². The minimum Gasteiger partial charge on any atom is -0.465 e. The van der Waals surface area contributed by atoms with E-state index in [-0.39, 0.29) is 38.9 Å². The Bertz CT molecular complexity index is 2020. The summed E-state index contributed by atoms with van der Waals surface area (Å²) in [7, 11) is 1.34. The van der Waals surface area contributed by atoms with Gasteiger partial charge in [0.1, 0.15) is 24.2 Å². The van der Waals surface area contributed by atoms with Gasteiger partial charge in [0.25, 0.3) is 0 Å². The van der Waals surface area contributed by atoms with Crippen molar-refractivity contribution in [3.8, 4) is 0 Å². The molecule has 4 atom stereocenters. The van der Waals surface area contributed by atoms with E-state index in [1.54, 1.807) is 6.20 Å². The Balaban J connectivity index is 1.39. The summed E-state index contributed by atoms with van der Waals surface area (Å²) in [6.07, 6.45) is 2.71. The summed E-state index contributed by atoms with van der Waals surface area (Å²) >= 11 is 0. The quantitative estimate of drug-likeness (QED) is 0.0792. The summed E-state index contributed by atoms with van der Waals surface area (Å²) < 4.78 is 0. The van der Waals surface area contributed by atoms with Crippen LogP contribution >= 0.6 is 0 Å². The number of primary amides is 1. The number of amides is 7. The van der Waals surface area contributed by atoms with E-state index in [1.807, 2.05) is 85.8 Å². The number of piperidine rings is 1. The summed E-state index contributed by atoms with van der Waals surface area (Å²) in [5.41, 5.74) is 9.52. The second-order valence-corrected chi connectivity index (χ2v) is 14.5. The molecule has 4 aromatic rings. The topological polar surface area (TPSA) is 219 Å². The van der Waals surface area contributed by atoms with Gasteiger partial charge in [0, 0.05) is 56.6 Å². The monoisotopic (exact) mass is 780 g/mol. The van der Waals surface area contributed by atoms with Crippen molar-refractivity contribution >= 4 is 46.7 Å². The third kappa shape index (κ3) is 11.6. The molecule has 1 aliphatic heterocycles. The van der Waals surface area contributed by atoms with Gasteiger partial charge in [-0.2, -0.15) is 0 Å². The number of carbonyl (C=O) groups is 6. The number of nitrogens with zero attached hydrogens (tertiary/aromatic N) is 2. The summed E-state index contributed by atoms with van der Waals surface area (Å²) in [6, 6.07) is 19.3. The van der Waals surface area contributed by atoms with Crippen LogP contribution in [0.25, 0.3) is 10.9 Å². The lowest BCUT2D eigenvalue weighted by Gasteiger charge is -2.39. The maximum absolute atomic E-state index is 14.3. The van der Waals surface area contributed by atoms with Gasteiger partial charge < -0.3 is 42.0 Å². The van der Waals surface area contributed by atoms with Gasteiger partial charge in [-0.05, 0) is 61.8 Å². The Labute approximate surface area is 331 Å². The molecule has 0 aliphatic carbocycles.